The molecule has 1 heterocycles. The summed E-state index contributed by atoms with van der Waals surface area (Å²) >= 11 is 0. The van der Waals surface area contributed by atoms with Crippen LogP contribution in [-0.2, 0) is 11.2 Å². The quantitative estimate of drug-likeness (QED) is 0.876. The van der Waals surface area contributed by atoms with Crippen LogP contribution in [0.5, 0.6) is 0 Å². The molecule has 4 heteroatoms. The van der Waals surface area contributed by atoms with Crippen molar-refractivity contribution in [2.75, 3.05) is 24.6 Å². The van der Waals surface area contributed by atoms with E-state index < -0.39 is 0 Å². The number of benzene rings is 1. The molecule has 0 bridgehead atoms. The van der Waals surface area contributed by atoms with Gasteiger partial charge >= 0.3 is 0 Å². The smallest absolute Gasteiger partial charge is 0.146 e. The van der Waals surface area contributed by atoms with E-state index in [-0.39, 0.29) is 18.0 Å². The summed E-state index contributed by atoms with van der Waals surface area (Å²) < 4.78 is 20.2. The predicted octanol–water partition coefficient (Wildman–Crippen LogP) is 3.11. The van der Waals surface area contributed by atoms with Crippen molar-refractivity contribution < 1.29 is 9.13 Å². The molecule has 21 heavy (non-hydrogen) atoms. The molecule has 0 amide bonds. The number of hydrogen-bond donors (Lipinski definition) is 1. The summed E-state index contributed by atoms with van der Waals surface area (Å²) in [4.78, 5) is 2.14. The van der Waals surface area contributed by atoms with Gasteiger partial charge in [-0.15, -0.1) is 0 Å². The van der Waals surface area contributed by atoms with Gasteiger partial charge in [-0.3, -0.25) is 0 Å². The third kappa shape index (κ3) is 4.42. The lowest BCUT2D eigenvalue weighted by Gasteiger charge is -2.35. The van der Waals surface area contributed by atoms with E-state index in [1.54, 1.807) is 6.07 Å². The van der Waals surface area contributed by atoms with Crippen molar-refractivity contribution in [3.8, 4) is 0 Å². The zero-order valence-corrected chi connectivity index (χ0v) is 13.1. The minimum absolute atomic E-state index is 0.0301. The van der Waals surface area contributed by atoms with Gasteiger partial charge < -0.3 is 15.4 Å². The monoisotopic (exact) mass is 294 g/mol. The van der Waals surface area contributed by atoms with Crippen LogP contribution in [0.25, 0.3) is 0 Å². The number of anilines is 1. The summed E-state index contributed by atoms with van der Waals surface area (Å²) in [7, 11) is 0. The number of hydrogen-bond acceptors (Lipinski definition) is 3. The number of piperidine rings is 1. The molecule has 1 aliphatic heterocycles. The van der Waals surface area contributed by atoms with Gasteiger partial charge in [0.15, 0.2) is 0 Å². The highest BCUT2D eigenvalue weighted by Gasteiger charge is 2.24. The molecule has 1 fully saturated rings. The Hall–Kier alpha value is -1.13. The van der Waals surface area contributed by atoms with Crippen LogP contribution in [0, 0.1) is 5.82 Å². The topological polar surface area (TPSA) is 38.5 Å². The van der Waals surface area contributed by atoms with Gasteiger partial charge in [-0.1, -0.05) is 19.1 Å². The van der Waals surface area contributed by atoms with Crippen LogP contribution >= 0.6 is 0 Å². The molecule has 0 saturated carbocycles. The van der Waals surface area contributed by atoms with E-state index in [4.69, 9.17) is 10.5 Å². The zero-order valence-electron chi connectivity index (χ0n) is 13.1. The van der Waals surface area contributed by atoms with Gasteiger partial charge in [-0.25, -0.2) is 4.39 Å². The van der Waals surface area contributed by atoms with Gasteiger partial charge in [0.2, 0.25) is 0 Å². The fourth-order valence-electron chi connectivity index (χ4n) is 2.99. The molecule has 1 aromatic carbocycles. The van der Waals surface area contributed by atoms with Crippen LogP contribution in [0.2, 0.25) is 0 Å². The predicted molar refractivity (Wildman–Crippen MR) is 85.2 cm³/mol. The molecule has 0 radical (unpaired) electrons. The SMILES string of the molecule is CCCOC1CCCN(c2c(F)cccc2CC(C)N)C1. The summed E-state index contributed by atoms with van der Waals surface area (Å²) in [6, 6.07) is 5.32. The lowest BCUT2D eigenvalue weighted by Crippen LogP contribution is -2.41. The van der Waals surface area contributed by atoms with Gasteiger partial charge in [0, 0.05) is 25.7 Å². The molecule has 2 atom stereocenters. The van der Waals surface area contributed by atoms with Gasteiger partial charge in [0.05, 0.1) is 11.8 Å². The normalized spacial score (nSPS) is 20.6. The largest absolute Gasteiger partial charge is 0.376 e. The first-order chi connectivity index (χ1) is 10.1. The number of nitrogens with zero attached hydrogens (tertiary/aromatic N) is 1. The van der Waals surface area contributed by atoms with E-state index >= 15 is 0 Å². The average molecular weight is 294 g/mol. The summed E-state index contributed by atoms with van der Waals surface area (Å²) in [5, 5.41) is 0. The minimum atomic E-state index is -0.149. The summed E-state index contributed by atoms with van der Waals surface area (Å²) in [5.41, 5.74) is 7.62. The van der Waals surface area contributed by atoms with Crippen LogP contribution in [0.15, 0.2) is 18.2 Å². The third-order valence-electron chi connectivity index (χ3n) is 3.86. The van der Waals surface area contributed by atoms with Crippen LogP contribution in [-0.4, -0.2) is 31.8 Å². The molecular formula is C17H27FN2O. The Morgan fingerprint density at radius 3 is 3.00 bits per heavy atom. The van der Waals surface area contributed by atoms with Gasteiger partial charge in [-0.05, 0) is 44.2 Å². The maximum Gasteiger partial charge on any atom is 0.146 e. The van der Waals surface area contributed by atoms with Crippen molar-refractivity contribution >= 4 is 5.69 Å². The Labute approximate surface area is 127 Å². The molecule has 2 unspecified atom stereocenters. The molecular weight excluding hydrogens is 267 g/mol. The first-order valence-corrected chi connectivity index (χ1v) is 8.01. The standard InChI is InChI=1S/C17H27FN2O/c1-3-10-21-15-7-5-9-20(12-15)17-14(11-13(2)19)6-4-8-16(17)18/h4,6,8,13,15H,3,5,7,9-12,19H2,1-2H3. The number of ether oxygens (including phenoxy) is 1. The summed E-state index contributed by atoms with van der Waals surface area (Å²) in [6.45, 7) is 6.50. The maximum absolute atomic E-state index is 14.3. The van der Waals surface area contributed by atoms with Crippen molar-refractivity contribution in [3.05, 3.63) is 29.6 Å². The van der Waals surface area contributed by atoms with E-state index in [1.165, 1.54) is 6.07 Å². The lowest BCUT2D eigenvalue weighted by molar-refractivity contribution is 0.0439. The third-order valence-corrected chi connectivity index (χ3v) is 3.86. The van der Waals surface area contributed by atoms with E-state index in [0.29, 0.717) is 6.42 Å². The number of nitrogens with two attached hydrogens (primary N) is 1. The Balaban J connectivity index is 2.16. The van der Waals surface area contributed by atoms with Crippen molar-refractivity contribution in [1.29, 1.82) is 0 Å². The molecule has 3 nitrogen and oxygen atoms in total. The highest BCUT2D eigenvalue weighted by molar-refractivity contribution is 5.55. The number of halogens is 1. The Morgan fingerprint density at radius 1 is 1.48 bits per heavy atom. The highest BCUT2D eigenvalue weighted by atomic mass is 19.1. The van der Waals surface area contributed by atoms with Crippen LogP contribution < -0.4 is 10.6 Å². The maximum atomic E-state index is 14.3. The summed E-state index contributed by atoms with van der Waals surface area (Å²) in [5.74, 6) is -0.149. The fraction of sp³-hybridized carbons (Fsp3) is 0.647. The van der Waals surface area contributed by atoms with Crippen LogP contribution in [0.4, 0.5) is 10.1 Å². The van der Waals surface area contributed by atoms with Gasteiger partial charge in [0.1, 0.15) is 5.82 Å². The number of rotatable bonds is 6. The summed E-state index contributed by atoms with van der Waals surface area (Å²) in [6.07, 6.45) is 4.03. The number of para-hydroxylation sites is 1. The molecule has 2 rings (SSSR count). The van der Waals surface area contributed by atoms with Gasteiger partial charge in [-0.2, -0.15) is 0 Å². The molecule has 1 saturated heterocycles. The molecule has 1 aliphatic rings. The van der Waals surface area contributed by atoms with Crippen LogP contribution in [0.1, 0.15) is 38.7 Å². The zero-order chi connectivity index (χ0) is 15.2. The molecule has 2 N–H and O–H groups in total. The molecule has 0 aromatic heterocycles. The van der Waals surface area contributed by atoms with E-state index in [0.717, 1.165) is 50.2 Å². The fourth-order valence-corrected chi connectivity index (χ4v) is 2.99. The van der Waals surface area contributed by atoms with Crippen LogP contribution in [0.3, 0.4) is 0 Å². The Bertz CT molecular complexity index is 450. The second kappa shape index (κ2) is 7.76. The van der Waals surface area contributed by atoms with Crippen molar-refractivity contribution in [2.24, 2.45) is 5.73 Å². The van der Waals surface area contributed by atoms with Crippen molar-refractivity contribution in [2.45, 2.75) is 51.7 Å². The second-order valence-corrected chi connectivity index (χ2v) is 6.01. The first kappa shape index (κ1) is 16.2. The second-order valence-electron chi connectivity index (χ2n) is 6.01. The first-order valence-electron chi connectivity index (χ1n) is 8.01. The highest BCUT2D eigenvalue weighted by Crippen LogP contribution is 2.29. The van der Waals surface area contributed by atoms with E-state index in [2.05, 4.69) is 11.8 Å². The van der Waals surface area contributed by atoms with Crippen molar-refractivity contribution in [3.63, 3.8) is 0 Å². The van der Waals surface area contributed by atoms with Crippen molar-refractivity contribution in [1.82, 2.24) is 0 Å². The molecule has 1 aromatic rings. The van der Waals surface area contributed by atoms with Gasteiger partial charge in [0.25, 0.3) is 0 Å². The van der Waals surface area contributed by atoms with E-state index in [1.807, 2.05) is 13.0 Å². The van der Waals surface area contributed by atoms with E-state index in [9.17, 15) is 4.39 Å². The Kier molecular flexibility index (Phi) is 6.00. The lowest BCUT2D eigenvalue weighted by atomic mass is 10.0. The average Bonchev–Trinajstić information content (AvgIpc) is 2.45. The molecule has 118 valence electrons. The Morgan fingerprint density at radius 2 is 2.29 bits per heavy atom. The minimum Gasteiger partial charge on any atom is -0.376 e. The molecule has 0 spiro atoms. The molecule has 0 aliphatic carbocycles.